The number of carbonyl (C=O) groups is 2. The van der Waals surface area contributed by atoms with E-state index in [1.807, 2.05) is 18.2 Å². The average Bonchev–Trinajstić information content (AvgIpc) is 3.25. The molecule has 0 bridgehead atoms. The molecule has 3 rings (SSSR count). The Balaban J connectivity index is 1.51. The predicted octanol–water partition coefficient (Wildman–Crippen LogP) is 0.135. The maximum absolute atomic E-state index is 12.5. The van der Waals surface area contributed by atoms with Crippen molar-refractivity contribution in [1.29, 1.82) is 0 Å². The maximum Gasteiger partial charge on any atom is 0.237 e. The Morgan fingerprint density at radius 2 is 2.12 bits per heavy atom. The minimum atomic E-state index is -0.371. The largest absolute Gasteiger partial charge is 0.394 e. The molecule has 0 saturated carbocycles. The summed E-state index contributed by atoms with van der Waals surface area (Å²) in [5.41, 5.74) is 1.24. The van der Waals surface area contributed by atoms with E-state index in [4.69, 9.17) is 0 Å². The summed E-state index contributed by atoms with van der Waals surface area (Å²) < 4.78 is 0. The molecule has 2 saturated heterocycles. The van der Waals surface area contributed by atoms with Gasteiger partial charge in [0, 0.05) is 19.0 Å². The molecule has 0 aromatic heterocycles. The summed E-state index contributed by atoms with van der Waals surface area (Å²) in [6, 6.07) is 9.56. The van der Waals surface area contributed by atoms with E-state index in [-0.39, 0.29) is 36.4 Å². The number of hydrogen-bond acceptors (Lipinski definition) is 4. The first-order valence-corrected chi connectivity index (χ1v) is 8.64. The van der Waals surface area contributed by atoms with Crippen molar-refractivity contribution >= 4 is 11.8 Å². The van der Waals surface area contributed by atoms with Crippen LogP contribution in [0.1, 0.15) is 30.7 Å². The van der Waals surface area contributed by atoms with Gasteiger partial charge in [-0.15, -0.1) is 0 Å². The maximum atomic E-state index is 12.5. The Morgan fingerprint density at radius 3 is 2.79 bits per heavy atom. The number of carbonyl (C=O) groups excluding carboxylic acids is 2. The molecular formula is C18H25N3O3. The van der Waals surface area contributed by atoms with Crippen molar-refractivity contribution in [2.75, 3.05) is 19.7 Å². The van der Waals surface area contributed by atoms with E-state index >= 15 is 0 Å². The third-order valence-electron chi connectivity index (χ3n) is 5.02. The number of amides is 2. The Kier molecular flexibility index (Phi) is 5.48. The van der Waals surface area contributed by atoms with Gasteiger partial charge in [0.05, 0.1) is 18.7 Å². The summed E-state index contributed by atoms with van der Waals surface area (Å²) in [6.45, 7) is 1.31. The van der Waals surface area contributed by atoms with E-state index in [0.717, 1.165) is 19.4 Å². The summed E-state index contributed by atoms with van der Waals surface area (Å²) in [5, 5.41) is 18.5. The number of rotatable bonds is 6. The monoisotopic (exact) mass is 331 g/mol. The van der Waals surface area contributed by atoms with E-state index in [1.54, 1.807) is 0 Å². The predicted molar refractivity (Wildman–Crippen MR) is 90.3 cm³/mol. The zero-order valence-corrected chi connectivity index (χ0v) is 13.7. The third kappa shape index (κ3) is 3.94. The van der Waals surface area contributed by atoms with Crippen LogP contribution in [0.4, 0.5) is 0 Å². The van der Waals surface area contributed by atoms with E-state index < -0.39 is 0 Å². The molecular weight excluding hydrogens is 306 g/mol. The van der Waals surface area contributed by atoms with Gasteiger partial charge in [-0.1, -0.05) is 30.3 Å². The molecule has 6 heteroatoms. The highest BCUT2D eigenvalue weighted by Gasteiger charge is 2.32. The summed E-state index contributed by atoms with van der Waals surface area (Å²) >= 11 is 0. The van der Waals surface area contributed by atoms with Gasteiger partial charge in [0.25, 0.3) is 0 Å². The molecule has 2 aliphatic heterocycles. The SMILES string of the molecule is O=C1NCC[C@H]1C[C@@H](CO)NC(=O)[C@@H]1C[C@@H](c2ccccc2)CN1. The molecule has 1 aromatic carbocycles. The second-order valence-corrected chi connectivity index (χ2v) is 6.70. The molecule has 0 radical (unpaired) electrons. The second kappa shape index (κ2) is 7.77. The number of aliphatic hydroxyl groups is 1. The molecule has 4 N–H and O–H groups in total. The van der Waals surface area contributed by atoms with Gasteiger partial charge in [-0.3, -0.25) is 9.59 Å². The minimum Gasteiger partial charge on any atom is -0.394 e. The molecule has 4 atom stereocenters. The van der Waals surface area contributed by atoms with Crippen molar-refractivity contribution in [2.24, 2.45) is 5.92 Å². The smallest absolute Gasteiger partial charge is 0.237 e. The van der Waals surface area contributed by atoms with E-state index in [9.17, 15) is 14.7 Å². The average molecular weight is 331 g/mol. The van der Waals surface area contributed by atoms with Crippen LogP contribution >= 0.6 is 0 Å². The van der Waals surface area contributed by atoms with Gasteiger partial charge in [-0.2, -0.15) is 0 Å². The van der Waals surface area contributed by atoms with Crippen LogP contribution in [0.2, 0.25) is 0 Å². The molecule has 6 nitrogen and oxygen atoms in total. The first-order valence-electron chi connectivity index (χ1n) is 8.64. The molecule has 2 amide bonds. The molecule has 130 valence electrons. The van der Waals surface area contributed by atoms with Crippen LogP contribution in [0.3, 0.4) is 0 Å². The molecule has 1 aromatic rings. The van der Waals surface area contributed by atoms with Gasteiger partial charge in [0.2, 0.25) is 11.8 Å². The van der Waals surface area contributed by atoms with Crippen LogP contribution in [0.5, 0.6) is 0 Å². The molecule has 2 heterocycles. The first kappa shape index (κ1) is 16.9. The quantitative estimate of drug-likeness (QED) is 0.597. The standard InChI is InChI=1S/C18H25N3O3/c22-11-15(8-13-6-7-19-17(13)23)21-18(24)16-9-14(10-20-16)12-4-2-1-3-5-12/h1-5,13-16,20,22H,6-11H2,(H,19,23)(H,21,24)/t13-,14+,15-,16-/m0/s1. The second-order valence-electron chi connectivity index (χ2n) is 6.70. The Bertz CT molecular complexity index is 578. The van der Waals surface area contributed by atoms with Crippen molar-refractivity contribution in [1.82, 2.24) is 16.0 Å². The van der Waals surface area contributed by atoms with Crippen molar-refractivity contribution in [3.05, 3.63) is 35.9 Å². The van der Waals surface area contributed by atoms with Crippen molar-refractivity contribution in [2.45, 2.75) is 37.3 Å². The zero-order valence-electron chi connectivity index (χ0n) is 13.7. The van der Waals surface area contributed by atoms with Gasteiger partial charge < -0.3 is 21.1 Å². The van der Waals surface area contributed by atoms with Crippen LogP contribution in [-0.2, 0) is 9.59 Å². The van der Waals surface area contributed by atoms with Crippen LogP contribution in [0.15, 0.2) is 30.3 Å². The number of hydrogen-bond donors (Lipinski definition) is 4. The van der Waals surface area contributed by atoms with Crippen LogP contribution in [0.25, 0.3) is 0 Å². The molecule has 0 spiro atoms. The lowest BCUT2D eigenvalue weighted by atomic mass is 9.95. The van der Waals surface area contributed by atoms with Crippen LogP contribution in [0, 0.1) is 5.92 Å². The number of aliphatic hydroxyl groups excluding tert-OH is 1. The Labute approximate surface area is 142 Å². The van der Waals surface area contributed by atoms with Gasteiger partial charge >= 0.3 is 0 Å². The molecule has 0 unspecified atom stereocenters. The van der Waals surface area contributed by atoms with Crippen LogP contribution < -0.4 is 16.0 Å². The normalized spacial score (nSPS) is 27.7. The zero-order chi connectivity index (χ0) is 16.9. The highest BCUT2D eigenvalue weighted by Crippen LogP contribution is 2.25. The fourth-order valence-electron chi connectivity index (χ4n) is 3.61. The summed E-state index contributed by atoms with van der Waals surface area (Å²) in [5.74, 6) is 0.142. The lowest BCUT2D eigenvalue weighted by Crippen LogP contribution is -2.47. The Hall–Kier alpha value is -1.92. The number of nitrogens with one attached hydrogen (secondary N) is 3. The van der Waals surface area contributed by atoms with Crippen molar-refractivity contribution in [3.8, 4) is 0 Å². The fourth-order valence-corrected chi connectivity index (χ4v) is 3.61. The van der Waals surface area contributed by atoms with E-state index in [2.05, 4.69) is 28.1 Å². The lowest BCUT2D eigenvalue weighted by Gasteiger charge is -2.21. The summed E-state index contributed by atoms with van der Waals surface area (Å²) in [6.07, 6.45) is 2.00. The third-order valence-corrected chi connectivity index (χ3v) is 5.02. The topological polar surface area (TPSA) is 90.5 Å². The van der Waals surface area contributed by atoms with Gasteiger partial charge in [0.1, 0.15) is 0 Å². The summed E-state index contributed by atoms with van der Waals surface area (Å²) in [4.78, 5) is 24.1. The minimum absolute atomic E-state index is 0.0193. The van der Waals surface area contributed by atoms with E-state index in [1.165, 1.54) is 5.56 Å². The highest BCUT2D eigenvalue weighted by atomic mass is 16.3. The van der Waals surface area contributed by atoms with Gasteiger partial charge in [-0.25, -0.2) is 0 Å². The Morgan fingerprint density at radius 1 is 1.33 bits per heavy atom. The number of benzene rings is 1. The molecule has 0 aliphatic carbocycles. The van der Waals surface area contributed by atoms with Gasteiger partial charge in [0.15, 0.2) is 0 Å². The first-order chi connectivity index (χ1) is 11.7. The molecule has 2 fully saturated rings. The summed E-state index contributed by atoms with van der Waals surface area (Å²) in [7, 11) is 0. The van der Waals surface area contributed by atoms with Crippen LogP contribution in [-0.4, -0.2) is 48.7 Å². The molecule has 24 heavy (non-hydrogen) atoms. The van der Waals surface area contributed by atoms with E-state index in [0.29, 0.717) is 18.9 Å². The van der Waals surface area contributed by atoms with Gasteiger partial charge in [-0.05, 0) is 30.7 Å². The fraction of sp³-hybridized carbons (Fsp3) is 0.556. The lowest BCUT2D eigenvalue weighted by molar-refractivity contribution is -0.126. The van der Waals surface area contributed by atoms with Crippen molar-refractivity contribution < 1.29 is 14.7 Å². The van der Waals surface area contributed by atoms with Crippen molar-refractivity contribution in [3.63, 3.8) is 0 Å². The molecule has 2 aliphatic rings. The highest BCUT2D eigenvalue weighted by molar-refractivity contribution is 5.83.